The van der Waals surface area contributed by atoms with Crippen molar-refractivity contribution in [1.82, 2.24) is 4.98 Å². The first-order valence-electron chi connectivity index (χ1n) is 4.45. The highest BCUT2D eigenvalue weighted by Crippen LogP contribution is 2.49. The van der Waals surface area contributed by atoms with E-state index in [4.69, 9.17) is 5.11 Å². The molecule has 1 fully saturated rings. The van der Waals surface area contributed by atoms with E-state index in [0.717, 1.165) is 16.4 Å². The van der Waals surface area contributed by atoms with Crippen molar-refractivity contribution in [2.45, 2.75) is 12.3 Å². The number of carboxylic acids is 1. The third-order valence-corrected chi connectivity index (χ3v) is 3.66. The predicted molar refractivity (Wildman–Crippen MR) is 54.9 cm³/mol. The van der Waals surface area contributed by atoms with Crippen LogP contribution in [0.15, 0.2) is 6.20 Å². The topological polar surface area (TPSA) is 53.4 Å². The molecule has 5 heteroatoms. The van der Waals surface area contributed by atoms with Crippen molar-refractivity contribution >= 4 is 22.4 Å². The van der Waals surface area contributed by atoms with Gasteiger partial charge in [0.25, 0.3) is 0 Å². The van der Waals surface area contributed by atoms with Crippen LogP contribution in [0.5, 0.6) is 0 Å². The first-order valence-corrected chi connectivity index (χ1v) is 5.27. The van der Waals surface area contributed by atoms with Gasteiger partial charge in [-0.3, -0.25) is 4.79 Å². The SMILES string of the molecule is CN(C)c1ncc(C2CC2C(=O)O)s1. The monoisotopic (exact) mass is 212 g/mol. The second kappa shape index (κ2) is 3.24. The molecule has 1 aromatic rings. The zero-order valence-corrected chi connectivity index (χ0v) is 8.91. The molecular formula is C9H12N2O2S. The molecule has 0 amide bonds. The fourth-order valence-electron chi connectivity index (χ4n) is 1.44. The summed E-state index contributed by atoms with van der Waals surface area (Å²) >= 11 is 1.58. The fraction of sp³-hybridized carbons (Fsp3) is 0.556. The minimum atomic E-state index is -0.685. The van der Waals surface area contributed by atoms with E-state index in [0.29, 0.717) is 0 Å². The molecule has 1 aromatic heterocycles. The number of carboxylic acid groups (broad SMARTS) is 1. The molecule has 0 spiro atoms. The van der Waals surface area contributed by atoms with Crippen LogP contribution in [0, 0.1) is 5.92 Å². The van der Waals surface area contributed by atoms with E-state index in [2.05, 4.69) is 4.98 Å². The summed E-state index contributed by atoms with van der Waals surface area (Å²) < 4.78 is 0. The Balaban J connectivity index is 2.09. The third kappa shape index (κ3) is 1.59. The van der Waals surface area contributed by atoms with Gasteiger partial charge in [0.2, 0.25) is 0 Å². The van der Waals surface area contributed by atoms with Crippen molar-refractivity contribution in [2.75, 3.05) is 19.0 Å². The highest BCUT2D eigenvalue weighted by molar-refractivity contribution is 7.15. The second-order valence-corrected chi connectivity index (χ2v) is 4.77. The van der Waals surface area contributed by atoms with Crippen molar-refractivity contribution < 1.29 is 9.90 Å². The predicted octanol–water partition coefficient (Wildman–Crippen LogP) is 1.40. The Morgan fingerprint density at radius 2 is 2.43 bits per heavy atom. The summed E-state index contributed by atoms with van der Waals surface area (Å²) in [7, 11) is 3.87. The fourth-order valence-corrected chi connectivity index (χ4v) is 2.45. The van der Waals surface area contributed by atoms with Gasteiger partial charge in [0.1, 0.15) is 0 Å². The molecule has 4 nitrogen and oxygen atoms in total. The van der Waals surface area contributed by atoms with Gasteiger partial charge >= 0.3 is 5.97 Å². The zero-order valence-electron chi connectivity index (χ0n) is 8.10. The van der Waals surface area contributed by atoms with Crippen LogP contribution in [0.2, 0.25) is 0 Å². The summed E-state index contributed by atoms with van der Waals surface area (Å²) in [4.78, 5) is 17.9. The quantitative estimate of drug-likeness (QED) is 0.822. The van der Waals surface area contributed by atoms with Crippen LogP contribution in [0.3, 0.4) is 0 Å². The molecule has 0 radical (unpaired) electrons. The van der Waals surface area contributed by atoms with Crippen molar-refractivity contribution in [2.24, 2.45) is 5.92 Å². The highest BCUT2D eigenvalue weighted by Gasteiger charge is 2.45. The molecule has 1 N–H and O–H groups in total. The lowest BCUT2D eigenvalue weighted by molar-refractivity contribution is -0.138. The molecule has 1 aliphatic rings. The van der Waals surface area contributed by atoms with Gasteiger partial charge in [-0.1, -0.05) is 0 Å². The molecule has 14 heavy (non-hydrogen) atoms. The Kier molecular flexibility index (Phi) is 2.19. The smallest absolute Gasteiger partial charge is 0.307 e. The zero-order chi connectivity index (χ0) is 10.3. The van der Waals surface area contributed by atoms with E-state index in [1.165, 1.54) is 0 Å². The van der Waals surface area contributed by atoms with Gasteiger partial charge in [-0.2, -0.15) is 0 Å². The molecular weight excluding hydrogens is 200 g/mol. The third-order valence-electron chi connectivity index (χ3n) is 2.37. The summed E-state index contributed by atoms with van der Waals surface area (Å²) in [5.74, 6) is -0.654. The van der Waals surface area contributed by atoms with Gasteiger partial charge in [-0.25, -0.2) is 4.98 Å². The van der Waals surface area contributed by atoms with Crippen molar-refractivity contribution in [3.63, 3.8) is 0 Å². The average molecular weight is 212 g/mol. The lowest BCUT2D eigenvalue weighted by Gasteiger charge is -2.04. The van der Waals surface area contributed by atoms with Crippen LogP contribution in [-0.4, -0.2) is 30.2 Å². The maximum absolute atomic E-state index is 10.7. The van der Waals surface area contributed by atoms with Gasteiger partial charge in [-0.15, -0.1) is 11.3 Å². The molecule has 0 aromatic carbocycles. The maximum Gasteiger partial charge on any atom is 0.307 e. The molecule has 2 unspecified atom stereocenters. The van der Waals surface area contributed by atoms with Crippen LogP contribution in [-0.2, 0) is 4.79 Å². The Labute approximate surface area is 86.2 Å². The van der Waals surface area contributed by atoms with E-state index >= 15 is 0 Å². The van der Waals surface area contributed by atoms with Crippen LogP contribution in [0.1, 0.15) is 17.2 Å². The number of rotatable bonds is 3. The van der Waals surface area contributed by atoms with Gasteiger partial charge in [0.15, 0.2) is 5.13 Å². The number of thiazole rings is 1. The van der Waals surface area contributed by atoms with E-state index < -0.39 is 5.97 Å². The van der Waals surface area contributed by atoms with Gasteiger partial charge in [-0.05, 0) is 6.42 Å². The molecule has 0 aliphatic heterocycles. The van der Waals surface area contributed by atoms with Gasteiger partial charge < -0.3 is 10.0 Å². The van der Waals surface area contributed by atoms with E-state index in [1.807, 2.05) is 19.0 Å². The van der Waals surface area contributed by atoms with Crippen LogP contribution in [0.25, 0.3) is 0 Å². The number of hydrogen-bond acceptors (Lipinski definition) is 4. The number of aromatic nitrogens is 1. The lowest BCUT2D eigenvalue weighted by atomic mass is 10.3. The van der Waals surface area contributed by atoms with Crippen LogP contribution < -0.4 is 4.90 Å². The summed E-state index contributed by atoms with van der Waals surface area (Å²) in [6, 6.07) is 0. The van der Waals surface area contributed by atoms with E-state index in [-0.39, 0.29) is 11.8 Å². The normalized spacial score (nSPS) is 24.7. The lowest BCUT2D eigenvalue weighted by Crippen LogP contribution is -2.07. The van der Waals surface area contributed by atoms with Crippen LogP contribution >= 0.6 is 11.3 Å². The Morgan fingerprint density at radius 1 is 1.71 bits per heavy atom. The van der Waals surface area contributed by atoms with Crippen molar-refractivity contribution in [3.8, 4) is 0 Å². The summed E-state index contributed by atoms with van der Waals surface area (Å²) in [6.45, 7) is 0. The number of nitrogens with zero attached hydrogens (tertiary/aromatic N) is 2. The van der Waals surface area contributed by atoms with Crippen molar-refractivity contribution in [3.05, 3.63) is 11.1 Å². The second-order valence-electron chi connectivity index (χ2n) is 3.73. The Morgan fingerprint density at radius 3 is 2.86 bits per heavy atom. The van der Waals surface area contributed by atoms with Crippen LogP contribution in [0.4, 0.5) is 5.13 Å². The summed E-state index contributed by atoms with van der Waals surface area (Å²) in [5.41, 5.74) is 0. The molecule has 1 aliphatic carbocycles. The van der Waals surface area contributed by atoms with Crippen molar-refractivity contribution in [1.29, 1.82) is 0 Å². The van der Waals surface area contributed by atoms with E-state index in [9.17, 15) is 4.79 Å². The molecule has 1 heterocycles. The molecule has 0 bridgehead atoms. The van der Waals surface area contributed by atoms with Gasteiger partial charge in [0.05, 0.1) is 5.92 Å². The molecule has 0 saturated heterocycles. The average Bonchev–Trinajstić information content (AvgIpc) is 2.76. The van der Waals surface area contributed by atoms with Gasteiger partial charge in [0, 0.05) is 31.1 Å². The molecule has 76 valence electrons. The number of hydrogen-bond donors (Lipinski definition) is 1. The summed E-state index contributed by atoms with van der Waals surface area (Å²) in [6.07, 6.45) is 2.57. The standard InChI is InChI=1S/C9H12N2O2S/c1-11(2)9-10-4-7(14-9)5-3-6(5)8(12)13/h4-6H,3H2,1-2H3,(H,12,13). The highest BCUT2D eigenvalue weighted by atomic mass is 32.1. The first kappa shape index (κ1) is 9.45. The molecule has 2 atom stereocenters. The van der Waals surface area contributed by atoms with E-state index in [1.54, 1.807) is 17.5 Å². The number of aliphatic carboxylic acids is 1. The number of anilines is 1. The Bertz CT molecular complexity index is 361. The first-order chi connectivity index (χ1) is 6.59. The maximum atomic E-state index is 10.7. The minimum absolute atomic E-state index is 0.175. The molecule has 2 rings (SSSR count). The largest absolute Gasteiger partial charge is 0.481 e. The summed E-state index contributed by atoms with van der Waals surface area (Å²) in [5, 5.41) is 9.72. The molecule has 1 saturated carbocycles. The Hall–Kier alpha value is -1.10. The minimum Gasteiger partial charge on any atom is -0.481 e. The number of carbonyl (C=O) groups is 1.